The molecule has 0 aromatic rings. The van der Waals surface area contributed by atoms with Crippen LogP contribution in [0.15, 0.2) is 0 Å². The number of carbonyl (C=O) groups is 17. The van der Waals surface area contributed by atoms with E-state index in [0.717, 1.165) is 55.4 Å². The highest BCUT2D eigenvalue weighted by atomic mass is 16.7. The Morgan fingerprint density at radius 2 is 0.849 bits per heavy atom. The molecule has 0 aliphatic carbocycles. The van der Waals surface area contributed by atoms with Crippen LogP contribution in [0.25, 0.3) is 0 Å². The Kier molecular flexibility index (Phi) is 51.3. The lowest BCUT2D eigenvalue weighted by Gasteiger charge is -2.47. The maximum Gasteiger partial charge on any atom is 0.305 e. The third kappa shape index (κ3) is 45.3. The quantitative estimate of drug-likeness (QED) is 0.0163. The summed E-state index contributed by atoms with van der Waals surface area (Å²) in [4.78, 5) is 214. The van der Waals surface area contributed by atoms with Gasteiger partial charge in [0.05, 0.1) is 63.6 Å². The van der Waals surface area contributed by atoms with Crippen LogP contribution < -0.4 is 47.9 Å². The van der Waals surface area contributed by atoms with E-state index >= 15 is 0 Å². The van der Waals surface area contributed by atoms with Gasteiger partial charge in [0, 0.05) is 157 Å². The first-order chi connectivity index (χ1) is 58.9. The second-order valence-corrected chi connectivity index (χ2v) is 32.2. The van der Waals surface area contributed by atoms with E-state index in [-0.39, 0.29) is 130 Å². The number of rotatable bonds is 59. The van der Waals surface area contributed by atoms with Gasteiger partial charge in [-0.3, -0.25) is 81.5 Å². The topological polar surface area (TPSA) is 576 Å². The lowest BCUT2D eigenvalue weighted by Crippen LogP contribution is -2.67. The maximum atomic E-state index is 13.8. The van der Waals surface area contributed by atoms with E-state index in [4.69, 9.17) is 80.5 Å². The van der Waals surface area contributed by atoms with Gasteiger partial charge < -0.3 is 133 Å². The Morgan fingerprint density at radius 3 is 1.25 bits per heavy atom. The van der Waals surface area contributed by atoms with Crippen molar-refractivity contribution in [1.82, 2.24) is 47.9 Å². The van der Waals surface area contributed by atoms with Crippen molar-refractivity contribution in [2.45, 2.75) is 301 Å². The average Bonchev–Trinajstić information content (AvgIpc) is 0.783. The summed E-state index contributed by atoms with van der Waals surface area (Å²) in [5, 5.41) is 35.1. The van der Waals surface area contributed by atoms with Crippen LogP contribution >= 0.6 is 0 Å². The average molecular weight is 1810 g/mol. The molecule has 0 aromatic heterocycles. The molecule has 2 aliphatic rings. The van der Waals surface area contributed by atoms with Crippen molar-refractivity contribution in [3.63, 3.8) is 0 Å². The molecule has 2 heterocycles. The van der Waals surface area contributed by atoms with Crippen LogP contribution in [-0.4, -0.2) is 309 Å². The molecule has 2 fully saturated rings. The molecular formula is C82H137N9O35. The number of amides is 9. The summed E-state index contributed by atoms with van der Waals surface area (Å²) in [7, 11) is 0. The molecule has 44 heteroatoms. The molecule has 19 unspecified atom stereocenters. The number of aliphatic hydroxyl groups excluding tert-OH is 1. The number of aliphatic hydroxyl groups is 1. The smallest absolute Gasteiger partial charge is 0.305 e. The van der Waals surface area contributed by atoms with Crippen molar-refractivity contribution in [3.8, 4) is 0 Å². The zero-order valence-corrected chi connectivity index (χ0v) is 76.5. The van der Waals surface area contributed by atoms with E-state index in [9.17, 15) is 86.6 Å². The summed E-state index contributed by atoms with van der Waals surface area (Å²) in [5.74, 6) is -11.6. The van der Waals surface area contributed by atoms with Crippen molar-refractivity contribution in [2.75, 3.05) is 98.7 Å². The first-order valence-corrected chi connectivity index (χ1v) is 42.0. The molecule has 10 N–H and O–H groups in total. The molecule has 0 bridgehead atoms. The van der Waals surface area contributed by atoms with Gasteiger partial charge in [0.15, 0.2) is 43.3 Å². The van der Waals surface area contributed by atoms with Crippen molar-refractivity contribution < 1.29 is 167 Å². The highest BCUT2D eigenvalue weighted by molar-refractivity contribution is 5.83. The van der Waals surface area contributed by atoms with Crippen LogP contribution in [0.5, 0.6) is 0 Å². The van der Waals surface area contributed by atoms with Gasteiger partial charge in [0.1, 0.15) is 50.2 Å². The fourth-order valence-electron chi connectivity index (χ4n) is 13.6. The summed E-state index contributed by atoms with van der Waals surface area (Å²) in [5.41, 5.74) is -3.30. The summed E-state index contributed by atoms with van der Waals surface area (Å²) in [6.45, 7) is 27.8. The molecule has 720 valence electrons. The van der Waals surface area contributed by atoms with Crippen molar-refractivity contribution in [1.29, 1.82) is 0 Å². The summed E-state index contributed by atoms with van der Waals surface area (Å²) in [6, 6.07) is -3.95. The number of nitrogens with one attached hydrogen (secondary N) is 9. The highest BCUT2D eigenvalue weighted by Crippen LogP contribution is 2.37. The van der Waals surface area contributed by atoms with E-state index in [2.05, 4.69) is 47.9 Å². The normalized spacial score (nSPS) is 21.1. The van der Waals surface area contributed by atoms with E-state index in [1.807, 2.05) is 6.92 Å². The fraction of sp³-hybridized carbons (Fsp3) is 0.793. The van der Waals surface area contributed by atoms with Crippen LogP contribution in [0.1, 0.15) is 197 Å². The van der Waals surface area contributed by atoms with Gasteiger partial charge in [-0.1, -0.05) is 34.6 Å². The van der Waals surface area contributed by atoms with Gasteiger partial charge in [-0.2, -0.15) is 0 Å². The minimum Gasteiger partial charge on any atom is -0.463 e. The number of esters is 8. The Bertz CT molecular complexity index is 3550. The minimum atomic E-state index is -1.93. The van der Waals surface area contributed by atoms with Gasteiger partial charge >= 0.3 is 47.8 Å². The van der Waals surface area contributed by atoms with Crippen molar-refractivity contribution in [2.24, 2.45) is 22.7 Å². The number of hydrogen-bond donors (Lipinski definition) is 10. The highest BCUT2D eigenvalue weighted by Gasteiger charge is 2.55. The number of ether oxygens (including phenoxy) is 17. The molecule has 2 saturated heterocycles. The second-order valence-electron chi connectivity index (χ2n) is 32.2. The molecule has 0 aromatic carbocycles. The molecule has 0 spiro atoms. The SMILES string of the molecule is CCC(CC(C)OC1OC(COC(C)=O)C(OC(C)=O)C(OC(C)=O)C1NC(C)=O)C(=O)NCCNC(=O)CCOCC(CC)(COCCC(=O)NCCNC(=O)C(C)CC(C)OC(OC(C)COC(C)=O)C(NC(C)=O)C(O)OC(C)=O)COCCC(=O)NCCNC(=O)C(C)(C)CC(C)(C)OC1OC(COC(C)=O)C(OC(C)=O)C(OC(C)=O)C1NC(C)=O. The molecule has 126 heavy (non-hydrogen) atoms. The zero-order chi connectivity index (χ0) is 95.4. The van der Waals surface area contributed by atoms with Crippen LogP contribution in [-0.2, 0) is 162 Å². The number of carbonyl (C=O) groups excluding carboxylic acids is 17. The lowest BCUT2D eigenvalue weighted by molar-refractivity contribution is -0.302. The van der Waals surface area contributed by atoms with E-state index < -0.39 is 235 Å². The lowest BCUT2D eigenvalue weighted by atomic mass is 9.80. The first-order valence-electron chi connectivity index (χ1n) is 42.0. The summed E-state index contributed by atoms with van der Waals surface area (Å²) < 4.78 is 97.7. The Labute approximate surface area is 735 Å². The second kappa shape index (κ2) is 57.4. The third-order valence-corrected chi connectivity index (χ3v) is 19.2. The standard InChI is InChI=1S/C82H137N9O35/c1-22-60(37-47(5)117-76-66(89-49(7)92)71(121-57(15)100)69(119-55(13)98)61(124-76)39-114-53(11)96)74(107)87-31-28-84-64(104)25-34-111-43-82(23-2,42-110-33-24-63(103)83-27-30-86-73(106)45(3)36-46(4)116-77(118-48(6)38-113-52(10)95)68(91-51(9)94)75(108)123-59(17)102)44-112-35-26-65(105)85-29-32-88-79(109)80(18,19)41-81(20,21)126-78-67(90-50(8)93)72(122-58(16)101)70(120-56(14)99)62(125-78)40-115-54(12)97/h45-48,60-62,66-72,75-78,108H,22-44H2,1-21H3,(H,83,103)(H,84,104)(H,85,105)(H,86,106)(H,87,107)(H,88,109)(H,89,92)(H,90,93)(H,91,94). The molecule has 0 saturated carbocycles. The van der Waals surface area contributed by atoms with Gasteiger partial charge in [0.25, 0.3) is 0 Å². The minimum absolute atomic E-state index is 0.00215. The van der Waals surface area contributed by atoms with Crippen molar-refractivity contribution >= 4 is 101 Å². The zero-order valence-electron chi connectivity index (χ0n) is 76.5. The predicted octanol–water partition coefficient (Wildman–Crippen LogP) is -0.243. The number of hydrogen-bond acceptors (Lipinski definition) is 35. The van der Waals surface area contributed by atoms with Crippen LogP contribution in [0.2, 0.25) is 0 Å². The van der Waals surface area contributed by atoms with Gasteiger partial charge in [0.2, 0.25) is 59.5 Å². The van der Waals surface area contributed by atoms with Crippen LogP contribution in [0.4, 0.5) is 0 Å². The van der Waals surface area contributed by atoms with Gasteiger partial charge in [-0.15, -0.1) is 0 Å². The summed E-state index contributed by atoms with van der Waals surface area (Å²) >= 11 is 0. The first kappa shape index (κ1) is 113. The largest absolute Gasteiger partial charge is 0.463 e. The van der Waals surface area contributed by atoms with Crippen LogP contribution in [0, 0.1) is 22.7 Å². The molecule has 0 radical (unpaired) electrons. The predicted molar refractivity (Wildman–Crippen MR) is 438 cm³/mol. The third-order valence-electron chi connectivity index (χ3n) is 19.2. The monoisotopic (exact) mass is 1810 g/mol. The van der Waals surface area contributed by atoms with E-state index in [1.54, 1.807) is 55.4 Å². The molecule has 44 nitrogen and oxygen atoms in total. The van der Waals surface area contributed by atoms with E-state index in [0.29, 0.717) is 12.8 Å². The Morgan fingerprint density at radius 1 is 0.444 bits per heavy atom. The molecular weight excluding hydrogens is 1670 g/mol. The van der Waals surface area contributed by atoms with Crippen molar-refractivity contribution in [3.05, 3.63) is 0 Å². The molecule has 2 rings (SSSR count). The maximum absolute atomic E-state index is 13.8. The molecule has 2 aliphatic heterocycles. The summed E-state index contributed by atoms with van der Waals surface area (Å²) in [6.07, 6.45) is -15.9. The van der Waals surface area contributed by atoms with Gasteiger partial charge in [-0.25, -0.2) is 0 Å². The molecule has 9 amide bonds. The fourth-order valence-corrected chi connectivity index (χ4v) is 13.6. The van der Waals surface area contributed by atoms with Gasteiger partial charge in [-0.05, 0) is 66.7 Å². The van der Waals surface area contributed by atoms with Crippen LogP contribution in [0.3, 0.4) is 0 Å². The Balaban J connectivity index is 2.18. The molecule has 19 atom stereocenters. The Hall–Kier alpha value is -9.41. The van der Waals surface area contributed by atoms with E-state index in [1.165, 1.54) is 27.7 Å².